The molecule has 2 aromatic carbocycles. The molecule has 0 bridgehead atoms. The molecule has 0 aliphatic rings. The van der Waals surface area contributed by atoms with E-state index in [2.05, 4.69) is 14.5 Å². The smallest absolute Gasteiger partial charge is 0.423 e. The number of nitrogens with zero attached hydrogens (tertiary/aromatic N) is 3. The average molecular weight is 333 g/mol. The van der Waals surface area contributed by atoms with Crippen LogP contribution in [0.25, 0.3) is 21.8 Å². The monoisotopic (exact) mass is 333 g/mol. The highest BCUT2D eigenvalue weighted by atomic mass is 16.4. The van der Waals surface area contributed by atoms with Gasteiger partial charge in [0, 0.05) is 23.6 Å². The van der Waals surface area contributed by atoms with Crippen molar-refractivity contribution in [2.45, 2.75) is 6.54 Å². The van der Waals surface area contributed by atoms with Gasteiger partial charge in [-0.15, -0.1) is 0 Å². The molecule has 7 nitrogen and oxygen atoms in total. The molecule has 0 radical (unpaired) electrons. The Hall–Kier alpha value is -3.10. The summed E-state index contributed by atoms with van der Waals surface area (Å²) in [5.74, 6) is 0.530. The van der Waals surface area contributed by atoms with Crippen molar-refractivity contribution in [3.8, 4) is 0 Å². The normalized spacial score (nSPS) is 11.3. The summed E-state index contributed by atoms with van der Waals surface area (Å²) in [7, 11) is -1.46. The zero-order valence-electron chi connectivity index (χ0n) is 13.3. The van der Waals surface area contributed by atoms with Crippen LogP contribution in [-0.2, 0) is 6.54 Å². The van der Waals surface area contributed by atoms with Crippen molar-refractivity contribution >= 4 is 46.2 Å². The molecule has 25 heavy (non-hydrogen) atoms. The molecular formula is C17H16BN5O2. The maximum absolute atomic E-state index is 9.18. The number of fused-ring (bicyclic) bond motifs is 3. The Balaban J connectivity index is 1.77. The van der Waals surface area contributed by atoms with Crippen LogP contribution in [0.5, 0.6) is 0 Å². The quantitative estimate of drug-likeness (QED) is 0.404. The van der Waals surface area contributed by atoms with Crippen LogP contribution in [-0.4, -0.2) is 31.7 Å². The highest BCUT2D eigenvalue weighted by Crippen LogP contribution is 2.29. The van der Waals surface area contributed by atoms with Crippen LogP contribution in [0.15, 0.2) is 48.7 Å². The third-order valence-electron chi connectivity index (χ3n) is 4.29. The van der Waals surface area contributed by atoms with E-state index in [9.17, 15) is 10.0 Å². The van der Waals surface area contributed by atoms with E-state index in [1.165, 1.54) is 0 Å². The number of hydrogen-bond donors (Lipinski definition) is 4. The van der Waals surface area contributed by atoms with E-state index in [1.54, 1.807) is 12.1 Å². The number of aromatic nitrogens is 3. The van der Waals surface area contributed by atoms with Crippen molar-refractivity contribution in [2.24, 2.45) is 0 Å². The lowest BCUT2D eigenvalue weighted by molar-refractivity contribution is 0.426. The number of nitrogens with two attached hydrogens (primary N) is 2. The van der Waals surface area contributed by atoms with Crippen LogP contribution in [0.3, 0.4) is 0 Å². The summed E-state index contributed by atoms with van der Waals surface area (Å²) >= 11 is 0. The maximum atomic E-state index is 9.18. The van der Waals surface area contributed by atoms with E-state index < -0.39 is 7.12 Å². The number of benzene rings is 2. The van der Waals surface area contributed by atoms with E-state index in [4.69, 9.17) is 11.5 Å². The average Bonchev–Trinajstić information content (AvgIpc) is 2.97. The molecule has 6 N–H and O–H groups in total. The van der Waals surface area contributed by atoms with Gasteiger partial charge in [-0.3, -0.25) is 0 Å². The molecule has 0 saturated carbocycles. The third kappa shape index (κ3) is 2.67. The van der Waals surface area contributed by atoms with Gasteiger partial charge >= 0.3 is 7.12 Å². The van der Waals surface area contributed by atoms with Crippen LogP contribution in [0.1, 0.15) is 5.56 Å². The molecule has 124 valence electrons. The zero-order chi connectivity index (χ0) is 17.6. The lowest BCUT2D eigenvalue weighted by Crippen LogP contribution is -2.29. The molecule has 0 saturated heterocycles. The van der Waals surface area contributed by atoms with Gasteiger partial charge in [-0.25, -0.2) is 4.98 Å². The fraction of sp³-hybridized carbons (Fsp3) is 0.0588. The topological polar surface area (TPSA) is 123 Å². The number of anilines is 2. The fourth-order valence-electron chi connectivity index (χ4n) is 3.08. The molecule has 0 amide bonds. The van der Waals surface area contributed by atoms with Crippen molar-refractivity contribution < 1.29 is 10.0 Å². The second-order valence-corrected chi connectivity index (χ2v) is 5.92. The Kier molecular flexibility index (Phi) is 3.56. The molecular weight excluding hydrogens is 317 g/mol. The van der Waals surface area contributed by atoms with Gasteiger partial charge in [0.15, 0.2) is 0 Å². The molecule has 4 rings (SSSR count). The summed E-state index contributed by atoms with van der Waals surface area (Å²) in [6, 6.07) is 13.0. The highest BCUT2D eigenvalue weighted by Gasteiger charge is 2.12. The summed E-state index contributed by atoms with van der Waals surface area (Å²) in [6.45, 7) is 0.645. The number of nitrogen functional groups attached to an aromatic ring is 2. The van der Waals surface area contributed by atoms with E-state index in [-0.39, 0.29) is 5.95 Å². The minimum atomic E-state index is -1.46. The highest BCUT2D eigenvalue weighted by molar-refractivity contribution is 6.58. The van der Waals surface area contributed by atoms with Gasteiger partial charge in [-0.05, 0) is 29.2 Å². The van der Waals surface area contributed by atoms with Crippen LogP contribution in [0.4, 0.5) is 11.8 Å². The molecule has 0 fully saturated rings. The zero-order valence-corrected chi connectivity index (χ0v) is 13.3. The van der Waals surface area contributed by atoms with Gasteiger partial charge in [-0.1, -0.05) is 24.3 Å². The first-order valence-corrected chi connectivity index (χ1v) is 7.78. The van der Waals surface area contributed by atoms with Gasteiger partial charge < -0.3 is 26.1 Å². The molecule has 0 spiro atoms. The Morgan fingerprint density at radius 3 is 2.44 bits per heavy atom. The molecule has 0 aliphatic heterocycles. The molecule has 0 unspecified atom stereocenters. The Morgan fingerprint density at radius 2 is 1.72 bits per heavy atom. The predicted molar refractivity (Wildman–Crippen MR) is 99.2 cm³/mol. The molecule has 0 aliphatic carbocycles. The minimum absolute atomic E-state index is 0.162. The van der Waals surface area contributed by atoms with Crippen molar-refractivity contribution in [3.05, 3.63) is 54.2 Å². The van der Waals surface area contributed by atoms with Crippen LogP contribution >= 0.6 is 0 Å². The second kappa shape index (κ2) is 5.76. The van der Waals surface area contributed by atoms with E-state index >= 15 is 0 Å². The van der Waals surface area contributed by atoms with Crippen molar-refractivity contribution in [3.63, 3.8) is 0 Å². The number of hydrogen-bond acceptors (Lipinski definition) is 6. The molecule has 4 aromatic rings. The first-order chi connectivity index (χ1) is 12.0. The van der Waals surface area contributed by atoms with Crippen molar-refractivity contribution in [1.82, 2.24) is 14.5 Å². The summed E-state index contributed by atoms with van der Waals surface area (Å²) in [6.07, 6.45) is 1.98. The molecule has 2 aromatic heterocycles. The second-order valence-electron chi connectivity index (χ2n) is 5.92. The van der Waals surface area contributed by atoms with E-state index in [0.29, 0.717) is 17.8 Å². The lowest BCUT2D eigenvalue weighted by atomic mass is 9.80. The van der Waals surface area contributed by atoms with Crippen LogP contribution < -0.4 is 16.9 Å². The van der Waals surface area contributed by atoms with Gasteiger partial charge in [-0.2, -0.15) is 4.98 Å². The van der Waals surface area contributed by atoms with Crippen molar-refractivity contribution in [2.75, 3.05) is 11.5 Å². The maximum Gasteiger partial charge on any atom is 0.488 e. The largest absolute Gasteiger partial charge is 0.488 e. The standard InChI is InChI=1S/C17H16BN5O2/c19-16-15-12-7-8-23(9-10-1-3-11(4-2-10)18(24)25)14(12)6-5-13(15)21-17(20)22-16/h1-8,24-25H,9H2,(H4,19,20,21,22). The minimum Gasteiger partial charge on any atom is -0.423 e. The molecule has 8 heteroatoms. The molecule has 0 atom stereocenters. The molecule has 2 heterocycles. The SMILES string of the molecule is Nc1nc(N)c2c(ccc3c2ccn3Cc2ccc(B(O)O)cc2)n1. The first kappa shape index (κ1) is 15.4. The van der Waals surface area contributed by atoms with Gasteiger partial charge in [0.2, 0.25) is 5.95 Å². The predicted octanol–water partition coefficient (Wildman–Crippen LogP) is 0.477. The van der Waals surface area contributed by atoms with E-state index in [0.717, 1.165) is 27.4 Å². The summed E-state index contributed by atoms with van der Waals surface area (Å²) in [5.41, 5.74) is 15.0. The Morgan fingerprint density at radius 1 is 0.960 bits per heavy atom. The van der Waals surface area contributed by atoms with Crippen molar-refractivity contribution in [1.29, 1.82) is 0 Å². The summed E-state index contributed by atoms with van der Waals surface area (Å²) < 4.78 is 2.09. The van der Waals surface area contributed by atoms with Crippen LogP contribution in [0.2, 0.25) is 0 Å². The third-order valence-corrected chi connectivity index (χ3v) is 4.29. The van der Waals surface area contributed by atoms with Gasteiger partial charge in [0.1, 0.15) is 5.82 Å². The first-order valence-electron chi connectivity index (χ1n) is 7.78. The summed E-state index contributed by atoms with van der Waals surface area (Å²) in [4.78, 5) is 8.30. The Labute approximate surface area is 143 Å². The fourth-order valence-corrected chi connectivity index (χ4v) is 3.08. The lowest BCUT2D eigenvalue weighted by Gasteiger charge is -2.08. The van der Waals surface area contributed by atoms with Crippen LogP contribution in [0, 0.1) is 0 Å². The van der Waals surface area contributed by atoms with E-state index in [1.807, 2.05) is 36.5 Å². The number of rotatable bonds is 3. The van der Waals surface area contributed by atoms with Gasteiger partial charge in [0.05, 0.1) is 10.9 Å². The van der Waals surface area contributed by atoms with Gasteiger partial charge in [0.25, 0.3) is 0 Å². The summed E-state index contributed by atoms with van der Waals surface area (Å²) in [5, 5.41) is 20.1. The Bertz CT molecular complexity index is 1080.